The molecule has 1 N–H and O–H groups in total. The Hall–Kier alpha value is -1.68. The number of methoxy groups -OCH3 is 1. The zero-order valence-electron chi connectivity index (χ0n) is 10.5. The summed E-state index contributed by atoms with van der Waals surface area (Å²) >= 11 is 5.97. The summed E-state index contributed by atoms with van der Waals surface area (Å²) in [6, 6.07) is 5.52. The lowest BCUT2D eigenvalue weighted by atomic mass is 10.3. The van der Waals surface area contributed by atoms with E-state index >= 15 is 0 Å². The molecule has 5 heteroatoms. The second kappa shape index (κ2) is 5.78. The Morgan fingerprint density at radius 1 is 1.44 bits per heavy atom. The number of benzene rings is 1. The molecule has 2 aromatic rings. The van der Waals surface area contributed by atoms with Crippen molar-refractivity contribution in [2.45, 2.75) is 6.42 Å². The van der Waals surface area contributed by atoms with Crippen LogP contribution < -0.4 is 10.1 Å². The van der Waals surface area contributed by atoms with Crippen LogP contribution in [0.2, 0.25) is 5.02 Å². The van der Waals surface area contributed by atoms with E-state index in [0.29, 0.717) is 5.02 Å². The molecule has 0 spiro atoms. The van der Waals surface area contributed by atoms with Crippen LogP contribution in [-0.4, -0.2) is 23.2 Å². The van der Waals surface area contributed by atoms with Gasteiger partial charge in [-0.15, -0.1) is 0 Å². The van der Waals surface area contributed by atoms with Crippen molar-refractivity contribution in [3.05, 3.63) is 41.4 Å². The van der Waals surface area contributed by atoms with Gasteiger partial charge in [0.1, 0.15) is 11.6 Å². The van der Waals surface area contributed by atoms with Crippen LogP contribution in [0.1, 0.15) is 5.82 Å². The second-order valence-corrected chi connectivity index (χ2v) is 4.41. The minimum Gasteiger partial charge on any atom is -0.495 e. The fraction of sp³-hybridized carbons (Fsp3) is 0.308. The Balaban J connectivity index is 1.98. The molecule has 18 heavy (non-hydrogen) atoms. The molecule has 0 radical (unpaired) electrons. The molecule has 4 nitrogen and oxygen atoms in total. The van der Waals surface area contributed by atoms with Crippen LogP contribution in [0.25, 0.3) is 0 Å². The van der Waals surface area contributed by atoms with Crippen molar-refractivity contribution in [2.24, 2.45) is 7.05 Å². The standard InChI is InChI=1S/C13H16ClN3O/c1-17-8-7-16-13(17)5-6-15-11-9-10(14)3-4-12(11)18-2/h3-4,7-9,15H,5-6H2,1-2H3. The number of hydrogen-bond acceptors (Lipinski definition) is 3. The molecule has 1 aromatic carbocycles. The summed E-state index contributed by atoms with van der Waals surface area (Å²) in [6.07, 6.45) is 4.59. The second-order valence-electron chi connectivity index (χ2n) is 3.98. The summed E-state index contributed by atoms with van der Waals surface area (Å²) in [4.78, 5) is 4.27. The van der Waals surface area contributed by atoms with Crippen LogP contribution >= 0.6 is 11.6 Å². The van der Waals surface area contributed by atoms with E-state index in [4.69, 9.17) is 16.3 Å². The van der Waals surface area contributed by atoms with Gasteiger partial charge in [-0.1, -0.05) is 11.6 Å². The van der Waals surface area contributed by atoms with Crippen LogP contribution in [0.3, 0.4) is 0 Å². The monoisotopic (exact) mass is 265 g/mol. The fourth-order valence-corrected chi connectivity index (χ4v) is 1.94. The molecule has 0 aliphatic heterocycles. The van der Waals surface area contributed by atoms with Gasteiger partial charge in [-0.05, 0) is 18.2 Å². The van der Waals surface area contributed by atoms with E-state index in [1.54, 1.807) is 13.3 Å². The Morgan fingerprint density at radius 3 is 2.94 bits per heavy atom. The van der Waals surface area contributed by atoms with Gasteiger partial charge < -0.3 is 14.6 Å². The molecule has 0 unspecified atom stereocenters. The third-order valence-electron chi connectivity index (χ3n) is 2.75. The summed E-state index contributed by atoms with van der Waals surface area (Å²) in [7, 11) is 3.63. The molecule has 0 fully saturated rings. The number of ether oxygens (including phenoxy) is 1. The molecule has 0 bridgehead atoms. The van der Waals surface area contributed by atoms with E-state index in [1.165, 1.54) is 0 Å². The first-order valence-corrected chi connectivity index (χ1v) is 6.12. The molecular weight excluding hydrogens is 250 g/mol. The summed E-state index contributed by atoms with van der Waals surface area (Å²) < 4.78 is 7.28. The molecule has 0 amide bonds. The van der Waals surface area contributed by atoms with Gasteiger partial charge in [-0.25, -0.2) is 4.98 Å². The van der Waals surface area contributed by atoms with Crippen molar-refractivity contribution in [1.82, 2.24) is 9.55 Å². The number of nitrogens with one attached hydrogen (secondary N) is 1. The minimum atomic E-state index is 0.690. The zero-order valence-corrected chi connectivity index (χ0v) is 11.2. The number of rotatable bonds is 5. The molecule has 1 aromatic heterocycles. The number of nitrogens with zero attached hydrogens (tertiary/aromatic N) is 2. The SMILES string of the molecule is COc1ccc(Cl)cc1NCCc1nccn1C. The van der Waals surface area contributed by atoms with Gasteiger partial charge in [0, 0.05) is 37.4 Å². The molecule has 0 aliphatic carbocycles. The predicted molar refractivity (Wildman–Crippen MR) is 73.4 cm³/mol. The van der Waals surface area contributed by atoms with Crippen LogP contribution in [0.4, 0.5) is 5.69 Å². The Morgan fingerprint density at radius 2 is 2.28 bits per heavy atom. The van der Waals surface area contributed by atoms with Gasteiger partial charge >= 0.3 is 0 Å². The van der Waals surface area contributed by atoms with E-state index in [9.17, 15) is 0 Å². The van der Waals surface area contributed by atoms with Gasteiger partial charge in [0.25, 0.3) is 0 Å². The number of imidazole rings is 1. The Bertz CT molecular complexity index is 525. The van der Waals surface area contributed by atoms with E-state index in [2.05, 4.69) is 10.3 Å². The summed E-state index contributed by atoms with van der Waals surface area (Å²) in [5.41, 5.74) is 0.902. The van der Waals surface area contributed by atoms with Crippen molar-refractivity contribution in [1.29, 1.82) is 0 Å². The van der Waals surface area contributed by atoms with Gasteiger partial charge in [-0.2, -0.15) is 0 Å². The van der Waals surface area contributed by atoms with E-state index in [1.807, 2.05) is 36.0 Å². The van der Waals surface area contributed by atoms with Gasteiger partial charge in [0.2, 0.25) is 0 Å². The van der Waals surface area contributed by atoms with Gasteiger partial charge in [-0.3, -0.25) is 0 Å². The first-order chi connectivity index (χ1) is 8.70. The number of hydrogen-bond donors (Lipinski definition) is 1. The highest BCUT2D eigenvalue weighted by Crippen LogP contribution is 2.27. The lowest BCUT2D eigenvalue weighted by Crippen LogP contribution is -2.09. The van der Waals surface area contributed by atoms with Crippen LogP contribution in [-0.2, 0) is 13.5 Å². The predicted octanol–water partition coefficient (Wildman–Crippen LogP) is 2.74. The normalized spacial score (nSPS) is 10.4. The summed E-state index contributed by atoms with van der Waals surface area (Å²) in [5, 5.41) is 4.00. The third-order valence-corrected chi connectivity index (χ3v) is 2.98. The Labute approximate surface area is 112 Å². The van der Waals surface area contributed by atoms with Crippen LogP contribution in [0, 0.1) is 0 Å². The maximum Gasteiger partial charge on any atom is 0.142 e. The van der Waals surface area contributed by atoms with Crippen molar-refractivity contribution in [2.75, 3.05) is 19.0 Å². The molecule has 0 aliphatic rings. The first kappa shape index (κ1) is 12.8. The maximum atomic E-state index is 5.97. The number of halogens is 1. The van der Waals surface area contributed by atoms with Crippen LogP contribution in [0.15, 0.2) is 30.6 Å². The average molecular weight is 266 g/mol. The maximum absolute atomic E-state index is 5.97. The fourth-order valence-electron chi connectivity index (χ4n) is 1.76. The lowest BCUT2D eigenvalue weighted by Gasteiger charge is -2.11. The number of anilines is 1. The van der Waals surface area contributed by atoms with Crippen molar-refractivity contribution >= 4 is 17.3 Å². The quantitative estimate of drug-likeness (QED) is 0.904. The van der Waals surface area contributed by atoms with Crippen molar-refractivity contribution < 1.29 is 4.74 Å². The minimum absolute atomic E-state index is 0.690. The van der Waals surface area contributed by atoms with Crippen molar-refractivity contribution in [3.63, 3.8) is 0 Å². The highest BCUT2D eigenvalue weighted by atomic mass is 35.5. The molecule has 96 valence electrons. The van der Waals surface area contributed by atoms with E-state index < -0.39 is 0 Å². The highest BCUT2D eigenvalue weighted by Gasteiger charge is 2.04. The molecule has 2 rings (SSSR count). The summed E-state index contributed by atoms with van der Waals surface area (Å²) in [6.45, 7) is 0.779. The topological polar surface area (TPSA) is 39.1 Å². The number of aromatic nitrogens is 2. The van der Waals surface area contributed by atoms with Gasteiger partial charge in [0.15, 0.2) is 0 Å². The van der Waals surface area contributed by atoms with Crippen LogP contribution in [0.5, 0.6) is 5.75 Å². The third kappa shape index (κ3) is 2.96. The molecule has 0 saturated heterocycles. The van der Waals surface area contributed by atoms with E-state index in [-0.39, 0.29) is 0 Å². The van der Waals surface area contributed by atoms with E-state index in [0.717, 1.165) is 30.2 Å². The number of aryl methyl sites for hydroxylation is 1. The smallest absolute Gasteiger partial charge is 0.142 e. The zero-order chi connectivity index (χ0) is 13.0. The van der Waals surface area contributed by atoms with Crippen molar-refractivity contribution in [3.8, 4) is 5.75 Å². The average Bonchev–Trinajstić information content (AvgIpc) is 2.76. The molecule has 1 heterocycles. The molecular formula is C13H16ClN3O. The first-order valence-electron chi connectivity index (χ1n) is 5.74. The summed E-state index contributed by atoms with van der Waals surface area (Å²) in [5.74, 6) is 1.84. The molecule has 0 atom stereocenters. The largest absolute Gasteiger partial charge is 0.495 e. The van der Waals surface area contributed by atoms with Gasteiger partial charge in [0.05, 0.1) is 12.8 Å². The Kier molecular flexibility index (Phi) is 4.10. The lowest BCUT2D eigenvalue weighted by molar-refractivity contribution is 0.416. The highest BCUT2D eigenvalue weighted by molar-refractivity contribution is 6.30. The molecule has 0 saturated carbocycles.